The van der Waals surface area contributed by atoms with Crippen molar-refractivity contribution < 1.29 is 17.8 Å². The Kier molecular flexibility index (Phi) is 5.33. The third kappa shape index (κ3) is 3.61. The van der Waals surface area contributed by atoms with Crippen LogP contribution in [-0.4, -0.2) is 24.2 Å². The Morgan fingerprint density at radius 3 is 2.67 bits per heavy atom. The van der Waals surface area contributed by atoms with Crippen LogP contribution in [-0.2, 0) is 16.6 Å². The number of hydrogen-bond acceptors (Lipinski definition) is 6. The van der Waals surface area contributed by atoms with Crippen LogP contribution in [0.5, 0.6) is 0 Å². The van der Waals surface area contributed by atoms with Gasteiger partial charge in [0.15, 0.2) is 4.90 Å². The lowest BCUT2D eigenvalue weighted by molar-refractivity contribution is -0.387. The third-order valence-corrected chi connectivity index (χ3v) is 5.41. The number of rotatable bonds is 7. The number of nitro benzene ring substituents is 1. The van der Waals surface area contributed by atoms with Gasteiger partial charge in [-0.25, -0.2) is 8.42 Å². The van der Waals surface area contributed by atoms with Crippen molar-refractivity contribution in [3.8, 4) is 6.07 Å². The monoisotopic (exact) mass is 349 g/mol. The van der Waals surface area contributed by atoms with E-state index in [1.165, 1.54) is 25.3 Å². The van der Waals surface area contributed by atoms with Gasteiger partial charge in [0.1, 0.15) is 5.76 Å². The highest BCUT2D eigenvalue weighted by Gasteiger charge is 2.33. The zero-order chi connectivity index (χ0) is 17.7. The van der Waals surface area contributed by atoms with Gasteiger partial charge < -0.3 is 4.42 Å². The second kappa shape index (κ2) is 7.25. The number of nitrogens with zero attached hydrogens (tertiary/aromatic N) is 3. The second-order valence-corrected chi connectivity index (χ2v) is 6.88. The first-order valence-corrected chi connectivity index (χ1v) is 8.45. The SMILES string of the molecule is Cc1cccc([N+](=O)[O-])c1S(=O)(=O)N(CCC#N)Cc1ccco1. The highest BCUT2D eigenvalue weighted by molar-refractivity contribution is 7.89. The summed E-state index contributed by atoms with van der Waals surface area (Å²) in [4.78, 5) is 10.1. The van der Waals surface area contributed by atoms with Crippen molar-refractivity contribution in [3.05, 3.63) is 58.0 Å². The van der Waals surface area contributed by atoms with Crippen molar-refractivity contribution in [1.29, 1.82) is 5.26 Å². The molecule has 0 aliphatic heterocycles. The Morgan fingerprint density at radius 1 is 1.33 bits per heavy atom. The highest BCUT2D eigenvalue weighted by atomic mass is 32.2. The van der Waals surface area contributed by atoms with Crippen LogP contribution in [0, 0.1) is 28.4 Å². The fourth-order valence-electron chi connectivity index (χ4n) is 2.28. The smallest absolute Gasteiger partial charge is 0.289 e. The molecule has 0 spiro atoms. The number of aryl methyl sites for hydroxylation is 1. The van der Waals surface area contributed by atoms with E-state index >= 15 is 0 Å². The Labute approximate surface area is 139 Å². The maximum absolute atomic E-state index is 13.0. The molecule has 2 aromatic rings. The zero-order valence-corrected chi connectivity index (χ0v) is 13.7. The van der Waals surface area contributed by atoms with Gasteiger partial charge in [-0.1, -0.05) is 12.1 Å². The van der Waals surface area contributed by atoms with E-state index in [-0.39, 0.29) is 30.0 Å². The summed E-state index contributed by atoms with van der Waals surface area (Å²) >= 11 is 0. The Balaban J connectivity index is 2.52. The topological polar surface area (TPSA) is 117 Å². The number of sulfonamides is 1. The summed E-state index contributed by atoms with van der Waals surface area (Å²) in [5, 5.41) is 20.0. The largest absolute Gasteiger partial charge is 0.468 e. The molecule has 0 saturated carbocycles. The lowest BCUT2D eigenvalue weighted by Gasteiger charge is -2.21. The fourth-order valence-corrected chi connectivity index (χ4v) is 4.05. The summed E-state index contributed by atoms with van der Waals surface area (Å²) in [7, 11) is -4.18. The molecular weight excluding hydrogens is 334 g/mol. The maximum Gasteiger partial charge on any atom is 0.289 e. The van der Waals surface area contributed by atoms with E-state index < -0.39 is 20.6 Å². The van der Waals surface area contributed by atoms with Crippen LogP contribution < -0.4 is 0 Å². The van der Waals surface area contributed by atoms with Crippen molar-refractivity contribution in [2.45, 2.75) is 24.8 Å². The van der Waals surface area contributed by atoms with Gasteiger partial charge in [0.2, 0.25) is 0 Å². The molecule has 24 heavy (non-hydrogen) atoms. The van der Waals surface area contributed by atoms with Crippen molar-refractivity contribution in [3.63, 3.8) is 0 Å². The fraction of sp³-hybridized carbons (Fsp3) is 0.267. The van der Waals surface area contributed by atoms with Crippen LogP contribution in [0.15, 0.2) is 45.9 Å². The molecule has 0 N–H and O–H groups in total. The first-order valence-electron chi connectivity index (χ1n) is 7.01. The molecule has 1 aromatic carbocycles. The maximum atomic E-state index is 13.0. The summed E-state index contributed by atoms with van der Waals surface area (Å²) in [6, 6.07) is 9.17. The van der Waals surface area contributed by atoms with E-state index in [2.05, 4.69) is 0 Å². The average molecular weight is 349 g/mol. The van der Waals surface area contributed by atoms with Crippen LogP contribution in [0.3, 0.4) is 0 Å². The molecule has 0 unspecified atom stereocenters. The van der Waals surface area contributed by atoms with Crippen LogP contribution in [0.1, 0.15) is 17.7 Å². The van der Waals surface area contributed by atoms with Crippen LogP contribution in [0.2, 0.25) is 0 Å². The van der Waals surface area contributed by atoms with Crippen molar-refractivity contribution in [2.75, 3.05) is 6.54 Å². The lowest BCUT2D eigenvalue weighted by atomic mass is 10.2. The summed E-state index contributed by atoms with van der Waals surface area (Å²) in [5.41, 5.74) is -0.220. The Morgan fingerprint density at radius 2 is 2.08 bits per heavy atom. The highest BCUT2D eigenvalue weighted by Crippen LogP contribution is 2.30. The van der Waals surface area contributed by atoms with E-state index in [0.717, 1.165) is 10.4 Å². The number of nitro groups is 1. The van der Waals surface area contributed by atoms with Gasteiger partial charge in [0, 0.05) is 19.0 Å². The number of nitriles is 1. The van der Waals surface area contributed by atoms with Crippen molar-refractivity contribution in [2.24, 2.45) is 0 Å². The molecule has 8 nitrogen and oxygen atoms in total. The predicted octanol–water partition coefficient (Wildman–Crippen LogP) is 2.60. The molecule has 0 bridgehead atoms. The van der Waals surface area contributed by atoms with Crippen molar-refractivity contribution in [1.82, 2.24) is 4.31 Å². The van der Waals surface area contributed by atoms with E-state index in [0.29, 0.717) is 5.76 Å². The van der Waals surface area contributed by atoms with E-state index in [1.54, 1.807) is 12.1 Å². The quantitative estimate of drug-likeness (QED) is 0.560. The number of furan rings is 1. The standard InChI is InChI=1S/C15H15N3O5S/c1-12-5-2-7-14(18(19)20)15(12)24(21,22)17(9-4-8-16)11-13-6-3-10-23-13/h2-3,5-7,10H,4,9,11H2,1H3. The molecule has 9 heteroatoms. The molecule has 0 aliphatic rings. The first-order chi connectivity index (χ1) is 11.4. The van der Waals surface area contributed by atoms with Crippen LogP contribution >= 0.6 is 0 Å². The van der Waals surface area contributed by atoms with Gasteiger partial charge in [0.05, 0.1) is 23.8 Å². The molecule has 0 aliphatic carbocycles. The lowest BCUT2D eigenvalue weighted by Crippen LogP contribution is -2.32. The minimum Gasteiger partial charge on any atom is -0.468 e. The first kappa shape index (κ1) is 17.7. The van der Waals surface area contributed by atoms with Gasteiger partial charge in [-0.3, -0.25) is 10.1 Å². The molecule has 0 fully saturated rings. The minimum atomic E-state index is -4.18. The third-order valence-electron chi connectivity index (χ3n) is 3.37. The molecule has 126 valence electrons. The molecule has 0 amide bonds. The Hall–Kier alpha value is -2.70. The van der Waals surface area contributed by atoms with E-state index in [1.807, 2.05) is 6.07 Å². The van der Waals surface area contributed by atoms with Crippen molar-refractivity contribution >= 4 is 15.7 Å². The van der Waals surface area contributed by atoms with E-state index in [4.69, 9.17) is 9.68 Å². The van der Waals surface area contributed by atoms with Crippen LogP contribution in [0.25, 0.3) is 0 Å². The van der Waals surface area contributed by atoms with Gasteiger partial charge in [-0.2, -0.15) is 9.57 Å². The zero-order valence-electron chi connectivity index (χ0n) is 12.9. The average Bonchev–Trinajstić information content (AvgIpc) is 3.03. The molecule has 1 heterocycles. The molecule has 1 aromatic heterocycles. The normalized spacial score (nSPS) is 11.4. The summed E-state index contributed by atoms with van der Waals surface area (Å²) in [6.45, 7) is 1.29. The summed E-state index contributed by atoms with van der Waals surface area (Å²) in [5.74, 6) is 0.382. The molecular formula is C15H15N3O5S. The molecule has 0 radical (unpaired) electrons. The molecule has 2 rings (SSSR count). The number of benzene rings is 1. The van der Waals surface area contributed by atoms with E-state index in [9.17, 15) is 18.5 Å². The van der Waals surface area contributed by atoms with Gasteiger partial charge in [-0.05, 0) is 24.6 Å². The predicted molar refractivity (Wildman–Crippen MR) is 84.4 cm³/mol. The molecule has 0 saturated heterocycles. The molecule has 0 atom stereocenters. The summed E-state index contributed by atoms with van der Waals surface area (Å²) < 4.78 is 32.1. The second-order valence-electron chi connectivity index (χ2n) is 5.01. The Bertz CT molecular complexity index is 869. The minimum absolute atomic E-state index is 0.0420. The van der Waals surface area contributed by atoms with Gasteiger partial charge in [-0.15, -0.1) is 0 Å². The number of hydrogen-bond donors (Lipinski definition) is 0. The van der Waals surface area contributed by atoms with Gasteiger partial charge >= 0.3 is 0 Å². The van der Waals surface area contributed by atoms with Gasteiger partial charge in [0.25, 0.3) is 15.7 Å². The summed E-state index contributed by atoms with van der Waals surface area (Å²) in [6.07, 6.45) is 1.36. The van der Waals surface area contributed by atoms with Crippen LogP contribution in [0.4, 0.5) is 5.69 Å².